The molecule has 2 N–H and O–H groups in total. The number of carbonyl (C=O) groups excluding carboxylic acids is 2. The highest BCUT2D eigenvalue weighted by Crippen LogP contribution is 2.28. The Kier molecular flexibility index (Phi) is 5.47. The van der Waals surface area contributed by atoms with E-state index in [4.69, 9.17) is 4.74 Å². The van der Waals surface area contributed by atoms with Gasteiger partial charge in [0.2, 0.25) is 0 Å². The third-order valence-corrected chi connectivity index (χ3v) is 3.86. The van der Waals surface area contributed by atoms with E-state index in [0.29, 0.717) is 22.7 Å². The fraction of sp³-hybridized carbons (Fsp3) is 0.0476. The summed E-state index contributed by atoms with van der Waals surface area (Å²) in [6, 6.07) is 19.2. The molecule has 2 amide bonds. The van der Waals surface area contributed by atoms with E-state index < -0.39 is 11.7 Å². The Hall–Kier alpha value is -3.67. The van der Waals surface area contributed by atoms with E-state index in [0.717, 1.165) is 0 Å². The van der Waals surface area contributed by atoms with Crippen LogP contribution in [0.15, 0.2) is 72.8 Å². The van der Waals surface area contributed by atoms with Crippen LogP contribution in [0, 0.1) is 5.82 Å². The molecule has 5 nitrogen and oxygen atoms in total. The topological polar surface area (TPSA) is 67.4 Å². The summed E-state index contributed by atoms with van der Waals surface area (Å²) in [6.07, 6.45) is 0. The standard InChI is InChI=1S/C21H17FN2O3/c1-27-19-12-11-15(23-21(26)16-9-5-6-10-17(16)22)13-18(19)24-20(25)14-7-3-2-4-8-14/h2-13H,1H3,(H,23,26)(H,24,25). The zero-order chi connectivity index (χ0) is 19.2. The van der Waals surface area contributed by atoms with Crippen LogP contribution in [-0.4, -0.2) is 18.9 Å². The number of benzene rings is 3. The van der Waals surface area contributed by atoms with Gasteiger partial charge in [0.25, 0.3) is 11.8 Å². The molecule has 0 saturated carbocycles. The lowest BCUT2D eigenvalue weighted by Crippen LogP contribution is -2.15. The maximum absolute atomic E-state index is 13.8. The molecule has 0 saturated heterocycles. The molecule has 3 aromatic rings. The van der Waals surface area contributed by atoms with Crippen molar-refractivity contribution in [3.05, 3.63) is 89.7 Å². The van der Waals surface area contributed by atoms with Crippen LogP contribution in [0.4, 0.5) is 15.8 Å². The van der Waals surface area contributed by atoms with Crippen molar-refractivity contribution in [2.24, 2.45) is 0 Å². The molecule has 0 aliphatic heterocycles. The molecule has 0 aliphatic carbocycles. The van der Waals surface area contributed by atoms with Crippen LogP contribution in [0.2, 0.25) is 0 Å². The first-order valence-electron chi connectivity index (χ1n) is 8.19. The molecule has 3 aromatic carbocycles. The van der Waals surface area contributed by atoms with Crippen LogP contribution in [-0.2, 0) is 0 Å². The van der Waals surface area contributed by atoms with E-state index in [9.17, 15) is 14.0 Å². The van der Waals surface area contributed by atoms with Crippen LogP contribution in [0.5, 0.6) is 5.75 Å². The number of hydrogen-bond acceptors (Lipinski definition) is 3. The second-order valence-electron chi connectivity index (χ2n) is 5.67. The average Bonchev–Trinajstić information content (AvgIpc) is 2.69. The van der Waals surface area contributed by atoms with Gasteiger partial charge in [0.05, 0.1) is 18.4 Å². The van der Waals surface area contributed by atoms with Gasteiger partial charge in [-0.2, -0.15) is 0 Å². The Morgan fingerprint density at radius 3 is 2.26 bits per heavy atom. The minimum atomic E-state index is -0.610. The largest absolute Gasteiger partial charge is 0.495 e. The van der Waals surface area contributed by atoms with Crippen molar-refractivity contribution in [3.8, 4) is 5.75 Å². The predicted octanol–water partition coefficient (Wildman–Crippen LogP) is 4.34. The van der Waals surface area contributed by atoms with Gasteiger partial charge in [0.15, 0.2) is 0 Å². The number of hydrogen-bond donors (Lipinski definition) is 2. The highest BCUT2D eigenvalue weighted by molar-refractivity contribution is 6.07. The highest BCUT2D eigenvalue weighted by atomic mass is 19.1. The van der Waals surface area contributed by atoms with Crippen molar-refractivity contribution in [1.29, 1.82) is 0 Å². The van der Waals surface area contributed by atoms with Gasteiger partial charge in [0, 0.05) is 11.3 Å². The third kappa shape index (κ3) is 4.30. The van der Waals surface area contributed by atoms with E-state index in [1.54, 1.807) is 48.5 Å². The normalized spacial score (nSPS) is 10.1. The second kappa shape index (κ2) is 8.14. The number of carbonyl (C=O) groups is 2. The number of methoxy groups -OCH3 is 1. The maximum Gasteiger partial charge on any atom is 0.258 e. The lowest BCUT2D eigenvalue weighted by molar-refractivity contribution is 0.101. The molecule has 0 heterocycles. The monoisotopic (exact) mass is 364 g/mol. The number of nitrogens with one attached hydrogen (secondary N) is 2. The predicted molar refractivity (Wildman–Crippen MR) is 102 cm³/mol. The van der Waals surface area contributed by atoms with Gasteiger partial charge in [-0.15, -0.1) is 0 Å². The van der Waals surface area contributed by atoms with Crippen LogP contribution < -0.4 is 15.4 Å². The van der Waals surface area contributed by atoms with Crippen LogP contribution in [0.3, 0.4) is 0 Å². The van der Waals surface area contributed by atoms with Gasteiger partial charge >= 0.3 is 0 Å². The SMILES string of the molecule is COc1ccc(NC(=O)c2ccccc2F)cc1NC(=O)c1ccccc1. The molecular formula is C21H17FN2O3. The molecule has 0 fully saturated rings. The second-order valence-corrected chi connectivity index (χ2v) is 5.67. The van der Waals surface area contributed by atoms with Crippen molar-refractivity contribution < 1.29 is 18.7 Å². The van der Waals surface area contributed by atoms with E-state index in [1.807, 2.05) is 6.07 Å². The van der Waals surface area contributed by atoms with E-state index in [2.05, 4.69) is 10.6 Å². The molecule has 0 unspecified atom stereocenters. The molecule has 6 heteroatoms. The number of rotatable bonds is 5. The fourth-order valence-corrected chi connectivity index (χ4v) is 2.51. The van der Waals surface area contributed by atoms with Crippen LogP contribution in [0.1, 0.15) is 20.7 Å². The summed E-state index contributed by atoms with van der Waals surface area (Å²) < 4.78 is 19.0. The summed E-state index contributed by atoms with van der Waals surface area (Å²) in [5.74, 6) is -1.07. The molecule has 0 radical (unpaired) electrons. The molecule has 0 spiro atoms. The molecule has 27 heavy (non-hydrogen) atoms. The third-order valence-electron chi connectivity index (χ3n) is 3.86. The Morgan fingerprint density at radius 2 is 1.56 bits per heavy atom. The maximum atomic E-state index is 13.8. The molecule has 0 bridgehead atoms. The van der Waals surface area contributed by atoms with Crippen molar-refractivity contribution >= 4 is 23.2 Å². The van der Waals surface area contributed by atoms with Crippen molar-refractivity contribution in [2.45, 2.75) is 0 Å². The number of halogens is 1. The Labute approximate surface area is 155 Å². The van der Waals surface area contributed by atoms with Gasteiger partial charge in [-0.05, 0) is 42.5 Å². The Morgan fingerprint density at radius 1 is 0.852 bits per heavy atom. The van der Waals surface area contributed by atoms with Gasteiger partial charge in [-0.1, -0.05) is 30.3 Å². The molecule has 0 aromatic heterocycles. The summed E-state index contributed by atoms with van der Waals surface area (Å²) in [5.41, 5.74) is 1.20. The minimum absolute atomic E-state index is 0.0665. The van der Waals surface area contributed by atoms with Gasteiger partial charge < -0.3 is 15.4 Å². The van der Waals surface area contributed by atoms with Gasteiger partial charge in [0.1, 0.15) is 11.6 Å². The lowest BCUT2D eigenvalue weighted by Gasteiger charge is -2.13. The summed E-state index contributed by atoms with van der Waals surface area (Å²) >= 11 is 0. The fourth-order valence-electron chi connectivity index (χ4n) is 2.51. The summed E-state index contributed by atoms with van der Waals surface area (Å²) in [7, 11) is 1.48. The van der Waals surface area contributed by atoms with Crippen molar-refractivity contribution in [2.75, 3.05) is 17.7 Å². The first-order valence-corrected chi connectivity index (χ1v) is 8.19. The zero-order valence-corrected chi connectivity index (χ0v) is 14.5. The highest BCUT2D eigenvalue weighted by Gasteiger charge is 2.14. The van der Waals surface area contributed by atoms with Crippen molar-refractivity contribution in [1.82, 2.24) is 0 Å². The smallest absolute Gasteiger partial charge is 0.258 e. The van der Waals surface area contributed by atoms with Crippen LogP contribution in [0.25, 0.3) is 0 Å². The quantitative estimate of drug-likeness (QED) is 0.708. The number of anilines is 2. The molecule has 3 rings (SSSR count). The Bertz CT molecular complexity index is 974. The minimum Gasteiger partial charge on any atom is -0.495 e. The molecular weight excluding hydrogens is 347 g/mol. The molecule has 136 valence electrons. The Balaban J connectivity index is 1.82. The molecule has 0 atom stereocenters. The molecule has 0 aliphatic rings. The van der Waals surface area contributed by atoms with Gasteiger partial charge in [-0.3, -0.25) is 9.59 Å². The zero-order valence-electron chi connectivity index (χ0n) is 14.5. The summed E-state index contributed by atoms with van der Waals surface area (Å²) in [4.78, 5) is 24.7. The van der Waals surface area contributed by atoms with E-state index in [1.165, 1.54) is 25.3 Å². The number of amides is 2. The van der Waals surface area contributed by atoms with Crippen molar-refractivity contribution in [3.63, 3.8) is 0 Å². The van der Waals surface area contributed by atoms with E-state index >= 15 is 0 Å². The number of ether oxygens (including phenoxy) is 1. The first kappa shape index (κ1) is 18.1. The summed E-state index contributed by atoms with van der Waals surface area (Å²) in [5, 5.41) is 5.37. The average molecular weight is 364 g/mol. The lowest BCUT2D eigenvalue weighted by atomic mass is 10.1. The van der Waals surface area contributed by atoms with E-state index in [-0.39, 0.29) is 11.5 Å². The summed E-state index contributed by atoms with van der Waals surface area (Å²) in [6.45, 7) is 0. The van der Waals surface area contributed by atoms with Crippen LogP contribution >= 0.6 is 0 Å². The van der Waals surface area contributed by atoms with Gasteiger partial charge in [-0.25, -0.2) is 4.39 Å². The first-order chi connectivity index (χ1) is 13.1.